The number of hydrogen-bond acceptors (Lipinski definition) is 5. The summed E-state index contributed by atoms with van der Waals surface area (Å²) in [5.74, 6) is 0.387. The van der Waals surface area contributed by atoms with Crippen LogP contribution in [0.5, 0.6) is 0 Å². The Balaban J connectivity index is 2.39. The molecule has 0 aromatic rings. The number of rotatable bonds is 6. The predicted molar refractivity (Wildman–Crippen MR) is 106 cm³/mol. The van der Waals surface area contributed by atoms with E-state index in [1.165, 1.54) is 0 Å². The van der Waals surface area contributed by atoms with Gasteiger partial charge in [0.25, 0.3) is 10.1 Å². The Hall–Kier alpha value is -0.243. The van der Waals surface area contributed by atoms with Gasteiger partial charge in [0.2, 0.25) is 0 Å². The van der Waals surface area contributed by atoms with Gasteiger partial charge in [-0.2, -0.15) is 8.42 Å². The van der Waals surface area contributed by atoms with Gasteiger partial charge in [-0.25, -0.2) is 0 Å². The minimum atomic E-state index is -3.52. The molecular weight excluding hydrogens is 368 g/mol. The van der Waals surface area contributed by atoms with Crippen molar-refractivity contribution in [3.63, 3.8) is 0 Å². The van der Waals surface area contributed by atoms with Gasteiger partial charge in [0.1, 0.15) is 6.29 Å². The average Bonchev–Trinajstić information content (AvgIpc) is 2.46. The van der Waals surface area contributed by atoms with Gasteiger partial charge in [0, 0.05) is 5.92 Å². The van der Waals surface area contributed by atoms with Gasteiger partial charge in [0.15, 0.2) is 8.32 Å². The second kappa shape index (κ2) is 7.30. The van der Waals surface area contributed by atoms with E-state index in [4.69, 9.17) is 8.61 Å². The van der Waals surface area contributed by atoms with E-state index in [0.29, 0.717) is 18.8 Å². The third-order valence-electron chi connectivity index (χ3n) is 6.54. The summed E-state index contributed by atoms with van der Waals surface area (Å²) in [6.45, 7) is 13.1. The molecule has 0 aromatic carbocycles. The molecule has 0 spiro atoms. The first-order chi connectivity index (χ1) is 11.7. The SMILES string of the molecule is CC(C)[C@]1(O[Si](C)(C)C)CC[C@@]2(C)[C@H](OS(C)(=O)=O)CC[C@H](C=O)[C@@H]2C1. The Morgan fingerprint density at radius 2 is 1.77 bits per heavy atom. The minimum absolute atomic E-state index is 0.0527. The lowest BCUT2D eigenvalue weighted by molar-refractivity contribution is -0.151. The van der Waals surface area contributed by atoms with Gasteiger partial charge in [0.05, 0.1) is 18.0 Å². The normalized spacial score (nSPS) is 38.8. The summed E-state index contributed by atoms with van der Waals surface area (Å²) in [5, 5.41) is 0. The van der Waals surface area contributed by atoms with Crippen LogP contribution in [0.15, 0.2) is 0 Å². The largest absolute Gasteiger partial charge is 0.412 e. The zero-order chi connectivity index (χ0) is 20.0. The van der Waals surface area contributed by atoms with E-state index in [2.05, 4.69) is 40.4 Å². The maximum atomic E-state index is 11.8. The van der Waals surface area contributed by atoms with E-state index in [9.17, 15) is 13.2 Å². The number of carbonyl (C=O) groups is 1. The quantitative estimate of drug-likeness (QED) is 0.380. The van der Waals surface area contributed by atoms with Crippen molar-refractivity contribution < 1.29 is 21.8 Å². The first kappa shape index (κ1) is 22.1. The summed E-state index contributed by atoms with van der Waals surface area (Å²) < 4.78 is 35.8. The van der Waals surface area contributed by atoms with Crippen LogP contribution >= 0.6 is 0 Å². The van der Waals surface area contributed by atoms with E-state index < -0.39 is 18.4 Å². The van der Waals surface area contributed by atoms with Crippen molar-refractivity contribution in [2.45, 2.75) is 84.2 Å². The molecule has 26 heavy (non-hydrogen) atoms. The molecule has 0 N–H and O–H groups in total. The molecule has 2 aliphatic rings. The van der Waals surface area contributed by atoms with E-state index >= 15 is 0 Å². The summed E-state index contributed by atoms with van der Waals surface area (Å²) in [6, 6.07) is 0. The predicted octanol–water partition coefficient (Wildman–Crippen LogP) is 3.99. The van der Waals surface area contributed by atoms with Crippen LogP contribution in [-0.4, -0.2) is 41.0 Å². The lowest BCUT2D eigenvalue weighted by Crippen LogP contribution is -2.59. The molecule has 0 aromatic heterocycles. The second-order valence-corrected chi connectivity index (χ2v) is 15.9. The maximum absolute atomic E-state index is 11.8. The van der Waals surface area contributed by atoms with E-state index in [0.717, 1.165) is 31.8 Å². The molecule has 152 valence electrons. The molecule has 7 heteroatoms. The van der Waals surface area contributed by atoms with Crippen LogP contribution < -0.4 is 0 Å². The monoisotopic (exact) mass is 404 g/mol. The topological polar surface area (TPSA) is 69.7 Å². The third kappa shape index (κ3) is 4.59. The van der Waals surface area contributed by atoms with E-state index in [-0.39, 0.29) is 29.0 Å². The molecular formula is C19H36O5SSi. The minimum Gasteiger partial charge on any atom is -0.412 e. The maximum Gasteiger partial charge on any atom is 0.264 e. The lowest BCUT2D eigenvalue weighted by atomic mass is 9.52. The zero-order valence-corrected chi connectivity index (χ0v) is 19.2. The van der Waals surface area contributed by atoms with Crippen molar-refractivity contribution in [3.05, 3.63) is 0 Å². The standard InChI is InChI=1S/C19H36O5SSi/c1-14(2)19(24-26(5,6)7)11-10-18(3)16(12-19)15(13-20)8-9-17(18)23-25(4,21)22/h13-17H,8-12H2,1-7H3/t15-,16+,17-,18-,19+/m1/s1. The Labute approximate surface area is 160 Å². The number of aldehydes is 1. The zero-order valence-electron chi connectivity index (χ0n) is 17.4. The van der Waals surface area contributed by atoms with Gasteiger partial charge in [-0.05, 0) is 69.0 Å². The Bertz CT molecular complexity index is 626. The number of hydrogen-bond donors (Lipinski definition) is 0. The summed E-state index contributed by atoms with van der Waals surface area (Å²) in [6.07, 6.45) is 5.66. The van der Waals surface area contributed by atoms with Crippen LogP contribution in [0.4, 0.5) is 0 Å². The van der Waals surface area contributed by atoms with Crippen molar-refractivity contribution in [1.82, 2.24) is 0 Å². The second-order valence-electron chi connectivity index (χ2n) is 9.92. The Kier molecular flexibility index (Phi) is 6.19. The van der Waals surface area contributed by atoms with Crippen LogP contribution in [-0.2, 0) is 23.5 Å². The molecule has 0 heterocycles. The molecule has 0 aliphatic heterocycles. The summed E-state index contributed by atoms with van der Waals surface area (Å²) in [5.41, 5.74) is -0.545. The van der Waals surface area contributed by atoms with E-state index in [1.54, 1.807) is 0 Å². The summed E-state index contributed by atoms with van der Waals surface area (Å²) >= 11 is 0. The number of carbonyl (C=O) groups excluding carboxylic acids is 1. The molecule has 0 bridgehead atoms. The van der Waals surface area contributed by atoms with Crippen molar-refractivity contribution in [3.8, 4) is 0 Å². The summed E-state index contributed by atoms with van der Waals surface area (Å²) in [7, 11) is -5.29. The summed E-state index contributed by atoms with van der Waals surface area (Å²) in [4.78, 5) is 11.8. The van der Waals surface area contributed by atoms with Crippen molar-refractivity contribution in [2.24, 2.45) is 23.2 Å². The van der Waals surface area contributed by atoms with Crippen molar-refractivity contribution in [1.29, 1.82) is 0 Å². The molecule has 2 saturated carbocycles. The van der Waals surface area contributed by atoms with Gasteiger partial charge >= 0.3 is 0 Å². The lowest BCUT2D eigenvalue weighted by Gasteiger charge is -2.58. The fraction of sp³-hybridized carbons (Fsp3) is 0.947. The van der Waals surface area contributed by atoms with Gasteiger partial charge < -0.3 is 9.22 Å². The highest BCUT2D eigenvalue weighted by molar-refractivity contribution is 7.86. The first-order valence-corrected chi connectivity index (χ1v) is 15.0. The van der Waals surface area contributed by atoms with Gasteiger partial charge in [-0.3, -0.25) is 4.18 Å². The van der Waals surface area contributed by atoms with Gasteiger partial charge in [-0.15, -0.1) is 0 Å². The highest BCUT2D eigenvalue weighted by Gasteiger charge is 2.57. The molecule has 5 nitrogen and oxygen atoms in total. The fourth-order valence-corrected chi connectivity index (χ4v) is 7.54. The molecule has 0 amide bonds. The van der Waals surface area contributed by atoms with E-state index in [1.807, 2.05) is 0 Å². The molecule has 2 rings (SSSR count). The van der Waals surface area contributed by atoms with Crippen molar-refractivity contribution in [2.75, 3.05) is 6.26 Å². The molecule has 0 saturated heterocycles. The van der Waals surface area contributed by atoms with Crippen molar-refractivity contribution >= 4 is 24.7 Å². The van der Waals surface area contributed by atoms with Crippen LogP contribution in [0.1, 0.15) is 52.9 Å². The van der Waals surface area contributed by atoms with Crippen LogP contribution in [0.2, 0.25) is 19.6 Å². The Morgan fingerprint density at radius 3 is 2.23 bits per heavy atom. The molecule has 0 radical (unpaired) electrons. The molecule has 2 aliphatic carbocycles. The van der Waals surface area contributed by atoms with Gasteiger partial charge in [-0.1, -0.05) is 20.8 Å². The number of fused-ring (bicyclic) bond motifs is 1. The Morgan fingerprint density at radius 1 is 1.15 bits per heavy atom. The third-order valence-corrected chi connectivity index (χ3v) is 8.14. The highest BCUT2D eigenvalue weighted by atomic mass is 32.2. The molecule has 0 unspecified atom stereocenters. The fourth-order valence-electron chi connectivity index (χ4n) is 5.17. The smallest absolute Gasteiger partial charge is 0.264 e. The highest BCUT2D eigenvalue weighted by Crippen LogP contribution is 2.58. The first-order valence-electron chi connectivity index (χ1n) is 9.76. The van der Waals surface area contributed by atoms with Crippen LogP contribution in [0.25, 0.3) is 0 Å². The molecule has 2 fully saturated rings. The average molecular weight is 405 g/mol. The van der Waals surface area contributed by atoms with Crippen LogP contribution in [0.3, 0.4) is 0 Å². The molecule has 5 atom stereocenters. The van der Waals surface area contributed by atoms with Crippen LogP contribution in [0, 0.1) is 23.2 Å².